The van der Waals surface area contributed by atoms with Gasteiger partial charge in [-0.3, -0.25) is 9.78 Å². The number of pyridine rings is 2. The molecule has 2 aromatic heterocycles. The molecule has 0 saturated carbocycles. The molecule has 150 valence electrons. The lowest BCUT2D eigenvalue weighted by Gasteiger charge is -2.18. The standard InChI is InChI=1S/C22H24N4O3/c1-26(14-11-17-9-12-23-13-10-17)21-8-7-18(15-24-21)25-22(27)16-29-20-6-4-3-5-19(20)28-2/h3-10,12-13,15H,11,14,16H2,1-2H3,(H,25,27). The molecule has 7 nitrogen and oxygen atoms in total. The molecule has 3 aromatic rings. The first kappa shape index (κ1) is 20.1. The van der Waals surface area contributed by atoms with Gasteiger partial charge >= 0.3 is 0 Å². The smallest absolute Gasteiger partial charge is 0.262 e. The molecule has 0 spiro atoms. The first-order valence-electron chi connectivity index (χ1n) is 9.27. The molecule has 3 rings (SSSR count). The zero-order valence-corrected chi connectivity index (χ0v) is 16.5. The summed E-state index contributed by atoms with van der Waals surface area (Å²) >= 11 is 0. The number of benzene rings is 1. The number of anilines is 2. The molecule has 0 aliphatic rings. The molecule has 0 atom stereocenters. The van der Waals surface area contributed by atoms with Crippen LogP contribution in [0.3, 0.4) is 0 Å². The average molecular weight is 392 g/mol. The lowest BCUT2D eigenvalue weighted by atomic mass is 10.2. The first-order valence-corrected chi connectivity index (χ1v) is 9.27. The molecule has 1 aromatic carbocycles. The zero-order chi connectivity index (χ0) is 20.5. The number of nitrogens with one attached hydrogen (secondary N) is 1. The molecule has 0 saturated heterocycles. The monoisotopic (exact) mass is 392 g/mol. The van der Waals surface area contributed by atoms with Crippen LogP contribution in [0.25, 0.3) is 0 Å². The molecule has 0 radical (unpaired) electrons. The maximum Gasteiger partial charge on any atom is 0.262 e. The van der Waals surface area contributed by atoms with Crippen LogP contribution in [0.1, 0.15) is 5.56 Å². The molecule has 0 aliphatic carbocycles. The lowest BCUT2D eigenvalue weighted by Crippen LogP contribution is -2.22. The number of carbonyl (C=O) groups is 1. The Morgan fingerprint density at radius 2 is 1.83 bits per heavy atom. The van der Waals surface area contributed by atoms with Crippen molar-refractivity contribution in [3.63, 3.8) is 0 Å². The lowest BCUT2D eigenvalue weighted by molar-refractivity contribution is -0.118. The van der Waals surface area contributed by atoms with Gasteiger partial charge in [-0.1, -0.05) is 12.1 Å². The number of para-hydroxylation sites is 2. The third kappa shape index (κ3) is 5.93. The summed E-state index contributed by atoms with van der Waals surface area (Å²) in [7, 11) is 3.55. The van der Waals surface area contributed by atoms with E-state index < -0.39 is 0 Å². The third-order valence-electron chi connectivity index (χ3n) is 4.34. The third-order valence-corrected chi connectivity index (χ3v) is 4.34. The predicted octanol–water partition coefficient (Wildman–Crippen LogP) is 3.18. The Morgan fingerprint density at radius 3 is 2.52 bits per heavy atom. The van der Waals surface area contributed by atoms with E-state index in [1.165, 1.54) is 5.56 Å². The molecular weight excluding hydrogens is 368 g/mol. The normalized spacial score (nSPS) is 10.3. The Morgan fingerprint density at radius 1 is 1.07 bits per heavy atom. The van der Waals surface area contributed by atoms with E-state index >= 15 is 0 Å². The second-order valence-corrected chi connectivity index (χ2v) is 6.42. The van der Waals surface area contributed by atoms with Crippen LogP contribution in [0, 0.1) is 0 Å². The minimum Gasteiger partial charge on any atom is -0.493 e. The molecule has 7 heteroatoms. The Bertz CT molecular complexity index is 917. The van der Waals surface area contributed by atoms with Crippen molar-refractivity contribution in [2.75, 3.05) is 37.5 Å². The summed E-state index contributed by atoms with van der Waals surface area (Å²) in [6.07, 6.45) is 6.13. The number of amides is 1. The Labute approximate surface area is 170 Å². The summed E-state index contributed by atoms with van der Waals surface area (Å²) in [5.74, 6) is 1.68. The maximum atomic E-state index is 12.1. The van der Waals surface area contributed by atoms with Gasteiger partial charge in [0, 0.05) is 26.0 Å². The number of ether oxygens (including phenoxy) is 2. The number of methoxy groups -OCH3 is 1. The van der Waals surface area contributed by atoms with Crippen LogP contribution >= 0.6 is 0 Å². The van der Waals surface area contributed by atoms with Crippen molar-refractivity contribution in [1.82, 2.24) is 9.97 Å². The van der Waals surface area contributed by atoms with Crippen LogP contribution in [0.15, 0.2) is 67.1 Å². The van der Waals surface area contributed by atoms with E-state index in [2.05, 4.69) is 20.2 Å². The maximum absolute atomic E-state index is 12.1. The largest absolute Gasteiger partial charge is 0.493 e. The summed E-state index contributed by atoms with van der Waals surface area (Å²) in [5.41, 5.74) is 1.84. The quantitative estimate of drug-likeness (QED) is 0.603. The molecule has 0 fully saturated rings. The summed E-state index contributed by atoms with van der Waals surface area (Å²) in [4.78, 5) is 22.7. The minimum atomic E-state index is -0.267. The second-order valence-electron chi connectivity index (χ2n) is 6.42. The van der Waals surface area contributed by atoms with Crippen LogP contribution in [-0.2, 0) is 11.2 Å². The highest BCUT2D eigenvalue weighted by atomic mass is 16.5. The van der Waals surface area contributed by atoms with Crippen LogP contribution in [-0.4, -0.2) is 43.2 Å². The van der Waals surface area contributed by atoms with Crippen molar-refractivity contribution in [1.29, 1.82) is 0 Å². The van der Waals surface area contributed by atoms with Crippen molar-refractivity contribution in [2.24, 2.45) is 0 Å². The molecule has 0 unspecified atom stereocenters. The van der Waals surface area contributed by atoms with Crippen LogP contribution in [0.2, 0.25) is 0 Å². The van der Waals surface area contributed by atoms with E-state index in [-0.39, 0.29) is 12.5 Å². The summed E-state index contributed by atoms with van der Waals surface area (Å²) in [6.45, 7) is 0.712. The highest BCUT2D eigenvalue weighted by molar-refractivity contribution is 5.91. The Balaban J connectivity index is 1.48. The van der Waals surface area contributed by atoms with E-state index in [4.69, 9.17) is 9.47 Å². The molecule has 1 N–H and O–H groups in total. The minimum absolute atomic E-state index is 0.117. The van der Waals surface area contributed by atoms with Crippen molar-refractivity contribution in [3.05, 3.63) is 72.7 Å². The number of likely N-dealkylation sites (N-methyl/N-ethyl adjacent to an activating group) is 1. The highest BCUT2D eigenvalue weighted by Crippen LogP contribution is 2.25. The highest BCUT2D eigenvalue weighted by Gasteiger charge is 2.08. The summed E-state index contributed by atoms with van der Waals surface area (Å²) in [5, 5.41) is 2.78. The van der Waals surface area contributed by atoms with E-state index in [9.17, 15) is 4.79 Å². The first-order chi connectivity index (χ1) is 14.2. The van der Waals surface area contributed by atoms with Crippen molar-refractivity contribution in [3.8, 4) is 11.5 Å². The Hall–Kier alpha value is -3.61. The molecule has 29 heavy (non-hydrogen) atoms. The van der Waals surface area contributed by atoms with Crippen LogP contribution in [0.5, 0.6) is 11.5 Å². The number of carbonyl (C=O) groups excluding carboxylic acids is 1. The fraction of sp³-hybridized carbons (Fsp3) is 0.227. The molecule has 0 bridgehead atoms. The molecule has 1 amide bonds. The predicted molar refractivity (Wildman–Crippen MR) is 113 cm³/mol. The number of hydrogen-bond donors (Lipinski definition) is 1. The van der Waals surface area contributed by atoms with E-state index in [1.807, 2.05) is 43.4 Å². The Kier molecular flexibility index (Phi) is 7.00. The van der Waals surface area contributed by atoms with Gasteiger partial charge in [-0.15, -0.1) is 0 Å². The fourth-order valence-corrected chi connectivity index (χ4v) is 2.73. The van der Waals surface area contributed by atoms with Crippen molar-refractivity contribution >= 4 is 17.4 Å². The SMILES string of the molecule is COc1ccccc1OCC(=O)Nc1ccc(N(C)CCc2ccncc2)nc1. The molecular formula is C22H24N4O3. The van der Waals surface area contributed by atoms with Crippen molar-refractivity contribution in [2.45, 2.75) is 6.42 Å². The van der Waals surface area contributed by atoms with Gasteiger partial charge in [-0.05, 0) is 48.4 Å². The number of aromatic nitrogens is 2. The zero-order valence-electron chi connectivity index (χ0n) is 16.5. The van der Waals surface area contributed by atoms with E-state index in [1.54, 1.807) is 37.8 Å². The van der Waals surface area contributed by atoms with Crippen molar-refractivity contribution < 1.29 is 14.3 Å². The molecule has 0 aliphatic heterocycles. The summed E-state index contributed by atoms with van der Waals surface area (Å²) in [6, 6.07) is 14.9. The van der Waals surface area contributed by atoms with Crippen LogP contribution in [0.4, 0.5) is 11.5 Å². The second kappa shape index (κ2) is 10.1. The van der Waals surface area contributed by atoms with Gasteiger partial charge in [0.2, 0.25) is 0 Å². The van der Waals surface area contributed by atoms with E-state index in [0.29, 0.717) is 17.2 Å². The fourth-order valence-electron chi connectivity index (χ4n) is 2.73. The number of rotatable bonds is 9. The van der Waals surface area contributed by atoms with E-state index in [0.717, 1.165) is 18.8 Å². The van der Waals surface area contributed by atoms with Crippen LogP contribution < -0.4 is 19.7 Å². The number of hydrogen-bond acceptors (Lipinski definition) is 6. The van der Waals surface area contributed by atoms with Gasteiger partial charge in [0.1, 0.15) is 5.82 Å². The van der Waals surface area contributed by atoms with Gasteiger partial charge in [-0.25, -0.2) is 4.98 Å². The van der Waals surface area contributed by atoms with Gasteiger partial charge in [0.05, 0.1) is 19.0 Å². The molecule has 2 heterocycles. The van der Waals surface area contributed by atoms with Gasteiger partial charge in [0.15, 0.2) is 18.1 Å². The topological polar surface area (TPSA) is 76.6 Å². The number of nitrogens with zero attached hydrogens (tertiary/aromatic N) is 3. The van der Waals surface area contributed by atoms with Gasteiger partial charge in [-0.2, -0.15) is 0 Å². The van der Waals surface area contributed by atoms with Gasteiger partial charge in [0.25, 0.3) is 5.91 Å². The van der Waals surface area contributed by atoms with Gasteiger partial charge < -0.3 is 19.7 Å². The average Bonchev–Trinajstić information content (AvgIpc) is 2.77. The summed E-state index contributed by atoms with van der Waals surface area (Å²) < 4.78 is 10.7.